The molecule has 2 saturated carbocycles. The van der Waals surface area contributed by atoms with Gasteiger partial charge >= 0.3 is 0 Å². The molecule has 0 aliphatic heterocycles. The second kappa shape index (κ2) is 6.20. The number of nitrogens with one attached hydrogen (secondary N) is 1. The molecule has 9 heteroatoms. The molecule has 30 heavy (non-hydrogen) atoms. The van der Waals surface area contributed by atoms with Gasteiger partial charge in [-0.3, -0.25) is 0 Å². The monoisotopic (exact) mass is 409 g/mol. The first-order valence-corrected chi connectivity index (χ1v) is 10.3. The SMILES string of the molecule is Cc1nc2ncc(-c3ccn4nc(NC5CCC5)ncc34)cc2n1C1CC(F)(F)C1. The topological polar surface area (TPSA) is 72.9 Å². The van der Waals surface area contributed by atoms with Gasteiger partial charge in [0.15, 0.2) is 5.65 Å². The smallest absolute Gasteiger partial charge is 0.252 e. The highest BCUT2D eigenvalue weighted by molar-refractivity contribution is 5.85. The number of nitrogens with zero attached hydrogens (tertiary/aromatic N) is 6. The third-order valence-corrected chi connectivity index (χ3v) is 6.32. The van der Waals surface area contributed by atoms with Gasteiger partial charge in [0, 0.05) is 48.4 Å². The van der Waals surface area contributed by atoms with Gasteiger partial charge in [0.25, 0.3) is 5.92 Å². The van der Waals surface area contributed by atoms with Crippen molar-refractivity contribution in [2.75, 3.05) is 5.32 Å². The summed E-state index contributed by atoms with van der Waals surface area (Å²) in [6.07, 6.45) is 8.74. The van der Waals surface area contributed by atoms with Crippen molar-refractivity contribution in [1.82, 2.24) is 29.1 Å². The molecule has 2 aliphatic carbocycles. The normalized spacial score (nSPS) is 19.2. The van der Waals surface area contributed by atoms with Crippen LogP contribution in [0.2, 0.25) is 0 Å². The first-order valence-electron chi connectivity index (χ1n) is 10.3. The molecule has 0 spiro atoms. The standard InChI is InChI=1S/C21H21F2N7/c1-12-26-19-17(30(12)15-8-21(22,23)9-15)7-13(10-24-19)16-5-6-29-18(16)11-25-20(28-29)27-14-3-2-4-14/h5-7,10-11,14-15H,2-4,8-9H2,1H3,(H,27,28). The van der Waals surface area contributed by atoms with Crippen LogP contribution in [0.4, 0.5) is 14.7 Å². The number of halogens is 2. The van der Waals surface area contributed by atoms with Crippen LogP contribution in [0.25, 0.3) is 27.8 Å². The van der Waals surface area contributed by atoms with Gasteiger partial charge in [-0.1, -0.05) is 0 Å². The highest BCUT2D eigenvalue weighted by Crippen LogP contribution is 2.47. The van der Waals surface area contributed by atoms with Gasteiger partial charge in [-0.15, -0.1) is 5.10 Å². The molecule has 0 atom stereocenters. The molecule has 6 rings (SSSR count). The second-order valence-corrected chi connectivity index (χ2v) is 8.43. The molecule has 0 saturated heterocycles. The van der Waals surface area contributed by atoms with E-state index in [2.05, 4.69) is 25.4 Å². The molecule has 0 amide bonds. The van der Waals surface area contributed by atoms with Crippen molar-refractivity contribution in [3.8, 4) is 11.1 Å². The fraction of sp³-hybridized carbons (Fsp3) is 0.429. The Morgan fingerprint density at radius 2 is 1.97 bits per heavy atom. The molecule has 0 radical (unpaired) electrons. The average Bonchev–Trinajstić information content (AvgIpc) is 3.21. The van der Waals surface area contributed by atoms with E-state index in [9.17, 15) is 8.78 Å². The molecule has 2 fully saturated rings. The summed E-state index contributed by atoms with van der Waals surface area (Å²) < 4.78 is 30.6. The van der Waals surface area contributed by atoms with Crippen molar-refractivity contribution in [1.29, 1.82) is 0 Å². The molecule has 154 valence electrons. The lowest BCUT2D eigenvalue weighted by Gasteiger charge is -2.36. The van der Waals surface area contributed by atoms with Gasteiger partial charge in [-0.2, -0.15) is 0 Å². The highest BCUT2D eigenvalue weighted by atomic mass is 19.3. The summed E-state index contributed by atoms with van der Waals surface area (Å²) in [5.41, 5.74) is 4.07. The van der Waals surface area contributed by atoms with E-state index in [1.807, 2.05) is 40.5 Å². The van der Waals surface area contributed by atoms with Gasteiger partial charge < -0.3 is 9.88 Å². The fourth-order valence-electron chi connectivity index (χ4n) is 4.46. The molecule has 1 N–H and O–H groups in total. The van der Waals surface area contributed by atoms with Crippen LogP contribution in [0.1, 0.15) is 44.0 Å². The molecular formula is C21H21F2N7. The van der Waals surface area contributed by atoms with Crippen molar-refractivity contribution in [2.24, 2.45) is 0 Å². The molecule has 0 unspecified atom stereocenters. The minimum atomic E-state index is -2.58. The van der Waals surface area contributed by atoms with Crippen LogP contribution in [0.3, 0.4) is 0 Å². The van der Waals surface area contributed by atoms with Crippen molar-refractivity contribution in [3.63, 3.8) is 0 Å². The Bertz CT molecular complexity index is 1260. The Labute approximate surface area is 171 Å². The highest BCUT2D eigenvalue weighted by Gasteiger charge is 2.47. The first-order chi connectivity index (χ1) is 14.5. The van der Waals surface area contributed by atoms with Crippen LogP contribution in [-0.2, 0) is 0 Å². The average molecular weight is 409 g/mol. The Hall–Kier alpha value is -3.10. The third kappa shape index (κ3) is 2.75. The summed E-state index contributed by atoms with van der Waals surface area (Å²) in [6.45, 7) is 1.84. The number of imidazole rings is 1. The summed E-state index contributed by atoms with van der Waals surface area (Å²) in [4.78, 5) is 13.4. The van der Waals surface area contributed by atoms with Crippen LogP contribution < -0.4 is 5.32 Å². The van der Waals surface area contributed by atoms with Gasteiger partial charge in [0.05, 0.1) is 17.2 Å². The largest absolute Gasteiger partial charge is 0.350 e. The maximum atomic E-state index is 13.5. The molecule has 4 aromatic heterocycles. The summed E-state index contributed by atoms with van der Waals surface area (Å²) in [5, 5.41) is 7.92. The molecule has 2 aliphatic rings. The Kier molecular flexibility index (Phi) is 3.66. The first kappa shape index (κ1) is 17.7. The number of pyridine rings is 1. The Balaban J connectivity index is 1.38. The van der Waals surface area contributed by atoms with E-state index in [4.69, 9.17) is 0 Å². The number of alkyl halides is 2. The number of aryl methyl sites for hydroxylation is 1. The minimum Gasteiger partial charge on any atom is -0.350 e. The summed E-state index contributed by atoms with van der Waals surface area (Å²) in [5.74, 6) is -1.24. The lowest BCUT2D eigenvalue weighted by molar-refractivity contribution is -0.103. The van der Waals surface area contributed by atoms with Gasteiger partial charge in [0.1, 0.15) is 5.82 Å². The summed E-state index contributed by atoms with van der Waals surface area (Å²) in [7, 11) is 0. The number of fused-ring (bicyclic) bond motifs is 2. The Morgan fingerprint density at radius 1 is 1.13 bits per heavy atom. The quantitative estimate of drug-likeness (QED) is 0.541. The number of rotatable bonds is 4. The Morgan fingerprint density at radius 3 is 2.70 bits per heavy atom. The number of aromatic nitrogens is 6. The summed E-state index contributed by atoms with van der Waals surface area (Å²) >= 11 is 0. The predicted molar refractivity (Wildman–Crippen MR) is 109 cm³/mol. The number of hydrogen-bond donors (Lipinski definition) is 1. The summed E-state index contributed by atoms with van der Waals surface area (Å²) in [6, 6.07) is 4.18. The van der Waals surface area contributed by atoms with E-state index in [0.717, 1.165) is 35.0 Å². The molecule has 7 nitrogen and oxygen atoms in total. The van der Waals surface area contributed by atoms with Crippen molar-refractivity contribution >= 4 is 22.6 Å². The maximum Gasteiger partial charge on any atom is 0.252 e. The van der Waals surface area contributed by atoms with Crippen LogP contribution in [-0.4, -0.2) is 41.1 Å². The zero-order valence-corrected chi connectivity index (χ0v) is 16.5. The van der Waals surface area contributed by atoms with Gasteiger partial charge in [-0.25, -0.2) is 28.2 Å². The molecule has 4 aromatic rings. The van der Waals surface area contributed by atoms with Crippen LogP contribution in [0.5, 0.6) is 0 Å². The predicted octanol–water partition coefficient (Wildman–Crippen LogP) is 4.38. The van der Waals surface area contributed by atoms with E-state index >= 15 is 0 Å². The zero-order chi connectivity index (χ0) is 20.5. The fourth-order valence-corrected chi connectivity index (χ4v) is 4.46. The molecule has 0 aromatic carbocycles. The van der Waals surface area contributed by atoms with E-state index in [1.54, 1.807) is 6.20 Å². The molecule has 0 bridgehead atoms. The molecule has 4 heterocycles. The zero-order valence-electron chi connectivity index (χ0n) is 16.5. The second-order valence-electron chi connectivity index (χ2n) is 8.43. The van der Waals surface area contributed by atoms with Gasteiger partial charge in [0.2, 0.25) is 5.95 Å². The van der Waals surface area contributed by atoms with Crippen molar-refractivity contribution in [2.45, 2.75) is 57.0 Å². The van der Waals surface area contributed by atoms with Crippen molar-refractivity contribution in [3.05, 3.63) is 36.5 Å². The van der Waals surface area contributed by atoms with Crippen LogP contribution in [0.15, 0.2) is 30.7 Å². The minimum absolute atomic E-state index is 0.150. The van der Waals surface area contributed by atoms with Gasteiger partial charge in [-0.05, 0) is 38.3 Å². The number of anilines is 1. The maximum absolute atomic E-state index is 13.5. The lowest BCUT2D eigenvalue weighted by atomic mass is 9.87. The van der Waals surface area contributed by atoms with E-state index < -0.39 is 5.92 Å². The van der Waals surface area contributed by atoms with Crippen LogP contribution >= 0.6 is 0 Å². The molecular weight excluding hydrogens is 388 g/mol. The lowest BCUT2D eigenvalue weighted by Crippen LogP contribution is -2.37. The van der Waals surface area contributed by atoms with E-state index in [0.29, 0.717) is 23.5 Å². The van der Waals surface area contributed by atoms with Crippen molar-refractivity contribution < 1.29 is 8.78 Å². The van der Waals surface area contributed by atoms with E-state index in [1.165, 1.54) is 6.42 Å². The van der Waals surface area contributed by atoms with E-state index in [-0.39, 0.29) is 18.9 Å². The number of hydrogen-bond acceptors (Lipinski definition) is 5. The van der Waals surface area contributed by atoms with Crippen LogP contribution in [0, 0.1) is 6.92 Å². The third-order valence-electron chi connectivity index (χ3n) is 6.32.